The maximum atomic E-state index is 12.5. The molecule has 2 aliphatic rings. The first-order valence-corrected chi connectivity index (χ1v) is 8.35. The van der Waals surface area contributed by atoms with Gasteiger partial charge in [-0.1, -0.05) is 0 Å². The van der Waals surface area contributed by atoms with Gasteiger partial charge in [-0.25, -0.2) is 9.97 Å². The molecule has 0 atom stereocenters. The Balaban J connectivity index is 1.59. The molecule has 0 aliphatic carbocycles. The van der Waals surface area contributed by atoms with Crippen LogP contribution in [0.4, 0.5) is 5.95 Å². The van der Waals surface area contributed by atoms with Crippen LogP contribution in [0.15, 0.2) is 12.4 Å². The van der Waals surface area contributed by atoms with Gasteiger partial charge in [0.1, 0.15) is 0 Å². The minimum absolute atomic E-state index is 0.00366. The van der Waals surface area contributed by atoms with E-state index in [0.29, 0.717) is 37.7 Å². The number of aromatic nitrogens is 2. The zero-order valence-corrected chi connectivity index (χ0v) is 14.3. The van der Waals surface area contributed by atoms with Gasteiger partial charge in [0.25, 0.3) is 5.91 Å². The van der Waals surface area contributed by atoms with Gasteiger partial charge in [-0.2, -0.15) is 0 Å². The third kappa shape index (κ3) is 3.64. The summed E-state index contributed by atoms with van der Waals surface area (Å²) >= 11 is 0. The summed E-state index contributed by atoms with van der Waals surface area (Å²) in [6, 6.07) is 0. The molecule has 8 heteroatoms. The van der Waals surface area contributed by atoms with Crippen molar-refractivity contribution in [1.82, 2.24) is 24.7 Å². The van der Waals surface area contributed by atoms with Crippen LogP contribution >= 0.6 is 0 Å². The first kappa shape index (κ1) is 16.6. The number of rotatable bonds is 2. The highest BCUT2D eigenvalue weighted by Crippen LogP contribution is 2.13. The standard InChI is InChI=1S/C16H24N6O2/c1-13(23)20-7-9-22(10-8-20)16-17-11-14(12-18-16)15(24)21-5-3-19(2)4-6-21/h11-12H,3-10H2,1-2H3. The van der Waals surface area contributed by atoms with Crippen LogP contribution in [0.1, 0.15) is 17.3 Å². The number of hydrogen-bond acceptors (Lipinski definition) is 6. The van der Waals surface area contributed by atoms with Gasteiger partial charge in [-0.3, -0.25) is 9.59 Å². The van der Waals surface area contributed by atoms with Crippen LogP contribution in [0.25, 0.3) is 0 Å². The summed E-state index contributed by atoms with van der Waals surface area (Å²) in [5.74, 6) is 0.716. The van der Waals surface area contributed by atoms with Crippen LogP contribution in [-0.4, -0.2) is 95.9 Å². The second-order valence-electron chi connectivity index (χ2n) is 6.36. The van der Waals surface area contributed by atoms with E-state index in [1.165, 1.54) is 0 Å². The minimum atomic E-state index is -0.00366. The lowest BCUT2D eigenvalue weighted by atomic mass is 10.2. The molecular formula is C16H24N6O2. The Bertz CT molecular complexity index is 589. The molecule has 3 heterocycles. The monoisotopic (exact) mass is 332 g/mol. The molecule has 3 rings (SSSR count). The molecule has 0 bridgehead atoms. The lowest BCUT2D eigenvalue weighted by Gasteiger charge is -2.34. The average molecular weight is 332 g/mol. The van der Waals surface area contributed by atoms with Crippen molar-refractivity contribution in [1.29, 1.82) is 0 Å². The summed E-state index contributed by atoms with van der Waals surface area (Å²) in [7, 11) is 2.06. The minimum Gasteiger partial charge on any atom is -0.339 e. The van der Waals surface area contributed by atoms with Gasteiger partial charge < -0.3 is 19.6 Å². The predicted octanol–water partition coefficient (Wildman–Crippen LogP) is -0.467. The van der Waals surface area contributed by atoms with Crippen molar-refractivity contribution in [3.63, 3.8) is 0 Å². The van der Waals surface area contributed by atoms with Crippen molar-refractivity contribution >= 4 is 17.8 Å². The molecule has 130 valence electrons. The Hall–Kier alpha value is -2.22. The van der Waals surface area contributed by atoms with E-state index < -0.39 is 0 Å². The van der Waals surface area contributed by atoms with E-state index in [4.69, 9.17) is 0 Å². The van der Waals surface area contributed by atoms with Crippen molar-refractivity contribution in [3.8, 4) is 0 Å². The van der Waals surface area contributed by atoms with E-state index in [-0.39, 0.29) is 11.8 Å². The number of amides is 2. The zero-order chi connectivity index (χ0) is 17.1. The third-order valence-electron chi connectivity index (χ3n) is 4.68. The van der Waals surface area contributed by atoms with Crippen LogP contribution < -0.4 is 4.90 Å². The molecule has 24 heavy (non-hydrogen) atoms. The van der Waals surface area contributed by atoms with Gasteiger partial charge in [-0.05, 0) is 7.05 Å². The van der Waals surface area contributed by atoms with Crippen LogP contribution in [0, 0.1) is 0 Å². The molecule has 2 saturated heterocycles. The summed E-state index contributed by atoms with van der Waals surface area (Å²) in [5, 5.41) is 0. The summed E-state index contributed by atoms with van der Waals surface area (Å²) in [4.78, 5) is 40.5. The van der Waals surface area contributed by atoms with E-state index in [0.717, 1.165) is 26.2 Å². The number of piperazine rings is 2. The zero-order valence-electron chi connectivity index (χ0n) is 14.3. The van der Waals surface area contributed by atoms with Gasteiger partial charge in [0.15, 0.2) is 0 Å². The van der Waals surface area contributed by atoms with Crippen LogP contribution in [-0.2, 0) is 4.79 Å². The second kappa shape index (κ2) is 7.12. The molecule has 1 aromatic rings. The maximum absolute atomic E-state index is 12.5. The Kier molecular flexibility index (Phi) is 4.94. The van der Waals surface area contributed by atoms with Gasteiger partial charge in [0, 0.05) is 71.7 Å². The van der Waals surface area contributed by atoms with Crippen molar-refractivity contribution in [3.05, 3.63) is 18.0 Å². The molecule has 0 N–H and O–H groups in total. The first-order chi connectivity index (χ1) is 11.5. The largest absolute Gasteiger partial charge is 0.339 e. The second-order valence-corrected chi connectivity index (χ2v) is 6.36. The van der Waals surface area contributed by atoms with E-state index in [2.05, 4.69) is 21.9 Å². The molecule has 2 fully saturated rings. The van der Waals surface area contributed by atoms with Gasteiger partial charge in [0.05, 0.1) is 5.56 Å². The number of nitrogens with zero attached hydrogens (tertiary/aromatic N) is 6. The normalized spacial score (nSPS) is 19.5. The fourth-order valence-corrected chi connectivity index (χ4v) is 3.01. The number of carbonyl (C=O) groups excluding carboxylic acids is 2. The summed E-state index contributed by atoms with van der Waals surface area (Å²) in [6.07, 6.45) is 3.22. The van der Waals surface area contributed by atoms with Crippen LogP contribution in [0.3, 0.4) is 0 Å². The SMILES string of the molecule is CC(=O)N1CCN(c2ncc(C(=O)N3CCN(C)CC3)cn2)CC1. The lowest BCUT2D eigenvalue weighted by Crippen LogP contribution is -2.48. The molecule has 0 aromatic carbocycles. The molecule has 0 spiro atoms. The molecule has 0 radical (unpaired) electrons. The number of anilines is 1. The fourth-order valence-electron chi connectivity index (χ4n) is 3.01. The number of hydrogen-bond donors (Lipinski definition) is 0. The number of likely N-dealkylation sites (N-methyl/N-ethyl adjacent to an activating group) is 1. The molecule has 0 unspecified atom stereocenters. The average Bonchev–Trinajstić information content (AvgIpc) is 2.62. The highest BCUT2D eigenvalue weighted by atomic mass is 16.2. The van der Waals surface area contributed by atoms with Crippen molar-refractivity contribution in [2.24, 2.45) is 0 Å². The van der Waals surface area contributed by atoms with Gasteiger partial charge in [-0.15, -0.1) is 0 Å². The van der Waals surface area contributed by atoms with E-state index in [1.807, 2.05) is 14.7 Å². The molecule has 2 aliphatic heterocycles. The van der Waals surface area contributed by atoms with E-state index in [9.17, 15) is 9.59 Å². The summed E-state index contributed by atoms with van der Waals surface area (Å²) in [6.45, 7) is 7.65. The van der Waals surface area contributed by atoms with Crippen molar-refractivity contribution < 1.29 is 9.59 Å². The van der Waals surface area contributed by atoms with Crippen molar-refractivity contribution in [2.45, 2.75) is 6.92 Å². The summed E-state index contributed by atoms with van der Waals surface area (Å²) in [5.41, 5.74) is 0.533. The Morgan fingerprint density at radius 2 is 1.42 bits per heavy atom. The molecule has 8 nitrogen and oxygen atoms in total. The third-order valence-corrected chi connectivity index (χ3v) is 4.68. The first-order valence-electron chi connectivity index (χ1n) is 8.35. The fraction of sp³-hybridized carbons (Fsp3) is 0.625. The topological polar surface area (TPSA) is 72.9 Å². The molecule has 1 aromatic heterocycles. The van der Waals surface area contributed by atoms with Gasteiger partial charge in [0.2, 0.25) is 11.9 Å². The predicted molar refractivity (Wildman–Crippen MR) is 89.9 cm³/mol. The van der Waals surface area contributed by atoms with Crippen LogP contribution in [0.2, 0.25) is 0 Å². The smallest absolute Gasteiger partial charge is 0.257 e. The van der Waals surface area contributed by atoms with Gasteiger partial charge >= 0.3 is 0 Å². The number of carbonyl (C=O) groups is 2. The van der Waals surface area contributed by atoms with Crippen molar-refractivity contribution in [2.75, 3.05) is 64.3 Å². The Morgan fingerprint density at radius 1 is 0.875 bits per heavy atom. The summed E-state index contributed by atoms with van der Waals surface area (Å²) < 4.78 is 0. The quantitative estimate of drug-likeness (QED) is 0.729. The van der Waals surface area contributed by atoms with E-state index in [1.54, 1.807) is 19.3 Å². The molecule has 0 saturated carbocycles. The Labute approximate surface area is 142 Å². The highest BCUT2D eigenvalue weighted by Gasteiger charge is 2.23. The van der Waals surface area contributed by atoms with E-state index >= 15 is 0 Å². The Morgan fingerprint density at radius 3 is 1.96 bits per heavy atom. The maximum Gasteiger partial charge on any atom is 0.257 e. The highest BCUT2D eigenvalue weighted by molar-refractivity contribution is 5.93. The lowest BCUT2D eigenvalue weighted by molar-refractivity contribution is -0.129. The van der Waals surface area contributed by atoms with Crippen LogP contribution in [0.5, 0.6) is 0 Å². The molecule has 2 amide bonds. The molecular weight excluding hydrogens is 308 g/mol.